The standard InChI is InChI=1S/C14H24N2O3/c1-3-12(13(17)18)15-14(19)16(2)8-11-7-9-4-5-10(11)6-9/h9-12H,3-8H2,1-2H3,(H,15,19)(H,17,18)/t9?,10?,11?,12-/m1/s1. The molecule has 108 valence electrons. The zero-order valence-electron chi connectivity index (χ0n) is 11.8. The Hall–Kier alpha value is -1.26. The minimum atomic E-state index is -0.968. The molecular weight excluding hydrogens is 244 g/mol. The summed E-state index contributed by atoms with van der Waals surface area (Å²) >= 11 is 0. The number of aliphatic carboxylic acids is 1. The summed E-state index contributed by atoms with van der Waals surface area (Å²) in [6.07, 6.45) is 5.62. The minimum Gasteiger partial charge on any atom is -0.480 e. The van der Waals surface area contributed by atoms with Gasteiger partial charge in [0, 0.05) is 13.6 Å². The first-order valence-electron chi connectivity index (χ1n) is 7.25. The van der Waals surface area contributed by atoms with Gasteiger partial charge in [0.05, 0.1) is 0 Å². The van der Waals surface area contributed by atoms with Crippen molar-refractivity contribution in [2.24, 2.45) is 17.8 Å². The average Bonchev–Trinajstić information content (AvgIpc) is 2.97. The molecule has 2 rings (SSSR count). The monoisotopic (exact) mass is 268 g/mol. The minimum absolute atomic E-state index is 0.267. The van der Waals surface area contributed by atoms with Crippen LogP contribution in [0.5, 0.6) is 0 Å². The molecule has 2 saturated carbocycles. The summed E-state index contributed by atoms with van der Waals surface area (Å²) in [6.45, 7) is 2.51. The summed E-state index contributed by atoms with van der Waals surface area (Å²) in [4.78, 5) is 24.5. The Bertz CT molecular complexity index is 359. The Morgan fingerprint density at radius 3 is 2.58 bits per heavy atom. The van der Waals surface area contributed by atoms with E-state index >= 15 is 0 Å². The average molecular weight is 268 g/mol. The smallest absolute Gasteiger partial charge is 0.326 e. The number of fused-ring (bicyclic) bond motifs is 2. The largest absolute Gasteiger partial charge is 0.480 e. The molecule has 0 saturated heterocycles. The Balaban J connectivity index is 1.80. The van der Waals surface area contributed by atoms with Crippen LogP contribution in [0, 0.1) is 17.8 Å². The molecule has 2 bridgehead atoms. The number of carbonyl (C=O) groups is 2. The lowest BCUT2D eigenvalue weighted by molar-refractivity contribution is -0.139. The van der Waals surface area contributed by atoms with Gasteiger partial charge in [-0.3, -0.25) is 0 Å². The highest BCUT2D eigenvalue weighted by molar-refractivity contribution is 5.82. The zero-order valence-corrected chi connectivity index (χ0v) is 11.8. The van der Waals surface area contributed by atoms with Gasteiger partial charge in [-0.05, 0) is 43.4 Å². The van der Waals surface area contributed by atoms with E-state index in [1.54, 1.807) is 18.9 Å². The summed E-state index contributed by atoms with van der Waals surface area (Å²) in [7, 11) is 1.76. The maximum absolute atomic E-state index is 12.0. The fraction of sp³-hybridized carbons (Fsp3) is 0.857. The van der Waals surface area contributed by atoms with Crippen LogP contribution in [0.2, 0.25) is 0 Å². The lowest BCUT2D eigenvalue weighted by atomic mass is 9.88. The molecular formula is C14H24N2O3. The fourth-order valence-corrected chi connectivity index (χ4v) is 3.63. The van der Waals surface area contributed by atoms with Gasteiger partial charge in [-0.15, -0.1) is 0 Å². The van der Waals surface area contributed by atoms with Crippen LogP contribution in [0.4, 0.5) is 4.79 Å². The van der Waals surface area contributed by atoms with Crippen LogP contribution in [-0.2, 0) is 4.79 Å². The fourth-order valence-electron chi connectivity index (χ4n) is 3.63. The molecule has 0 spiro atoms. The lowest BCUT2D eigenvalue weighted by Crippen LogP contribution is -2.47. The van der Waals surface area contributed by atoms with E-state index in [4.69, 9.17) is 5.11 Å². The van der Waals surface area contributed by atoms with Crippen molar-refractivity contribution in [1.82, 2.24) is 10.2 Å². The normalized spacial score (nSPS) is 30.1. The number of hydrogen-bond donors (Lipinski definition) is 2. The summed E-state index contributed by atoms with van der Waals surface area (Å²) in [5, 5.41) is 11.5. The number of hydrogen-bond acceptors (Lipinski definition) is 2. The molecule has 0 aliphatic heterocycles. The van der Waals surface area contributed by atoms with E-state index in [9.17, 15) is 9.59 Å². The third-order valence-electron chi connectivity index (χ3n) is 4.74. The Morgan fingerprint density at radius 2 is 2.11 bits per heavy atom. The topological polar surface area (TPSA) is 69.6 Å². The molecule has 0 aromatic carbocycles. The van der Waals surface area contributed by atoms with Gasteiger partial charge in [-0.25, -0.2) is 9.59 Å². The highest BCUT2D eigenvalue weighted by Crippen LogP contribution is 2.48. The first-order valence-corrected chi connectivity index (χ1v) is 7.25. The number of rotatable bonds is 5. The van der Waals surface area contributed by atoms with Crippen molar-refractivity contribution in [1.29, 1.82) is 0 Å². The summed E-state index contributed by atoms with van der Waals surface area (Å²) < 4.78 is 0. The zero-order chi connectivity index (χ0) is 14.0. The van der Waals surface area contributed by atoms with Crippen LogP contribution in [0.1, 0.15) is 39.0 Å². The highest BCUT2D eigenvalue weighted by Gasteiger charge is 2.40. The first kappa shape index (κ1) is 14.2. The van der Waals surface area contributed by atoms with Gasteiger partial charge in [0.25, 0.3) is 0 Å². The lowest BCUT2D eigenvalue weighted by Gasteiger charge is -2.28. The van der Waals surface area contributed by atoms with E-state index in [-0.39, 0.29) is 6.03 Å². The number of nitrogens with one attached hydrogen (secondary N) is 1. The predicted molar refractivity (Wildman–Crippen MR) is 71.8 cm³/mol. The Labute approximate surface area is 114 Å². The number of amides is 2. The first-order chi connectivity index (χ1) is 9.01. The molecule has 4 atom stereocenters. The van der Waals surface area contributed by atoms with Crippen molar-refractivity contribution < 1.29 is 14.7 Å². The van der Waals surface area contributed by atoms with Gasteiger partial charge in [-0.2, -0.15) is 0 Å². The summed E-state index contributed by atoms with van der Waals surface area (Å²) in [5.74, 6) is 1.29. The second kappa shape index (κ2) is 5.80. The van der Waals surface area contributed by atoms with Crippen molar-refractivity contribution in [3.05, 3.63) is 0 Å². The number of carboxylic acid groups (broad SMARTS) is 1. The molecule has 2 amide bonds. The van der Waals surface area contributed by atoms with Crippen molar-refractivity contribution in [3.8, 4) is 0 Å². The van der Waals surface area contributed by atoms with Crippen molar-refractivity contribution in [2.45, 2.75) is 45.1 Å². The number of carbonyl (C=O) groups excluding carboxylic acids is 1. The van der Waals surface area contributed by atoms with Crippen LogP contribution in [0.15, 0.2) is 0 Å². The van der Waals surface area contributed by atoms with E-state index in [2.05, 4.69) is 5.32 Å². The highest BCUT2D eigenvalue weighted by atomic mass is 16.4. The molecule has 5 heteroatoms. The molecule has 2 N–H and O–H groups in total. The van der Waals surface area contributed by atoms with E-state index < -0.39 is 12.0 Å². The molecule has 0 aromatic heterocycles. The van der Waals surface area contributed by atoms with Gasteiger partial charge in [-0.1, -0.05) is 13.3 Å². The van der Waals surface area contributed by atoms with Crippen molar-refractivity contribution in [2.75, 3.05) is 13.6 Å². The maximum atomic E-state index is 12.0. The van der Waals surface area contributed by atoms with Gasteiger partial charge < -0.3 is 15.3 Å². The predicted octanol–water partition coefficient (Wildman–Crippen LogP) is 1.93. The molecule has 2 aliphatic rings. The summed E-state index contributed by atoms with van der Waals surface area (Å²) in [6, 6.07) is -1.05. The number of carboxylic acids is 1. The van der Waals surface area contributed by atoms with E-state index in [1.165, 1.54) is 25.7 Å². The number of urea groups is 1. The number of nitrogens with zero attached hydrogens (tertiary/aromatic N) is 1. The van der Waals surface area contributed by atoms with Crippen molar-refractivity contribution >= 4 is 12.0 Å². The van der Waals surface area contributed by atoms with Gasteiger partial charge in [0.15, 0.2) is 0 Å². The van der Waals surface area contributed by atoms with E-state index in [0.717, 1.165) is 18.4 Å². The molecule has 0 aromatic rings. The van der Waals surface area contributed by atoms with Crippen LogP contribution in [0.3, 0.4) is 0 Å². The third-order valence-corrected chi connectivity index (χ3v) is 4.74. The third kappa shape index (κ3) is 3.19. The quantitative estimate of drug-likeness (QED) is 0.800. The Morgan fingerprint density at radius 1 is 1.37 bits per heavy atom. The van der Waals surface area contributed by atoms with Crippen LogP contribution in [0.25, 0.3) is 0 Å². The van der Waals surface area contributed by atoms with Gasteiger partial charge in [0.1, 0.15) is 6.04 Å². The molecule has 5 nitrogen and oxygen atoms in total. The maximum Gasteiger partial charge on any atom is 0.326 e. The summed E-state index contributed by atoms with van der Waals surface area (Å²) in [5.41, 5.74) is 0. The second-order valence-corrected chi connectivity index (χ2v) is 6.06. The van der Waals surface area contributed by atoms with E-state index in [1.807, 2.05) is 0 Å². The molecule has 3 unspecified atom stereocenters. The molecule has 19 heavy (non-hydrogen) atoms. The van der Waals surface area contributed by atoms with Crippen LogP contribution < -0.4 is 5.32 Å². The van der Waals surface area contributed by atoms with Crippen molar-refractivity contribution in [3.63, 3.8) is 0 Å². The Kier molecular flexibility index (Phi) is 4.32. The second-order valence-electron chi connectivity index (χ2n) is 6.06. The van der Waals surface area contributed by atoms with E-state index in [0.29, 0.717) is 12.3 Å². The molecule has 2 aliphatic carbocycles. The molecule has 2 fully saturated rings. The molecule has 0 heterocycles. The molecule has 0 radical (unpaired) electrons. The van der Waals surface area contributed by atoms with Gasteiger partial charge >= 0.3 is 12.0 Å². The van der Waals surface area contributed by atoms with Crippen LogP contribution in [-0.4, -0.2) is 41.6 Å². The SMILES string of the molecule is CC[C@@H](NC(=O)N(C)CC1CC2CCC1C2)C(=O)O. The van der Waals surface area contributed by atoms with Crippen LogP contribution >= 0.6 is 0 Å². The van der Waals surface area contributed by atoms with Gasteiger partial charge in [0.2, 0.25) is 0 Å².